The van der Waals surface area contributed by atoms with Crippen molar-refractivity contribution in [2.75, 3.05) is 0 Å². The SMILES string of the molecule is c1ccc(-n2c3ccncc3c3cc(-c4cc(-c5cccc(-c6cncc(-c7cncnc7)c6)c5)cc(-c5cccc(-c6cncc(-c7cncnc7)c6)c5)c4)ccc32)cc1. The van der Waals surface area contributed by atoms with Crippen LogP contribution in [0.25, 0.3) is 105 Å². The molecule has 0 amide bonds. The summed E-state index contributed by atoms with van der Waals surface area (Å²) in [5.74, 6) is 0. The van der Waals surface area contributed by atoms with Crippen LogP contribution in [0.1, 0.15) is 0 Å². The van der Waals surface area contributed by atoms with E-state index in [0.717, 1.165) is 105 Å². The molecule has 0 saturated carbocycles. The van der Waals surface area contributed by atoms with Gasteiger partial charge in [-0.15, -0.1) is 0 Å². The van der Waals surface area contributed by atoms with Gasteiger partial charge in [0.05, 0.1) is 11.0 Å². The summed E-state index contributed by atoms with van der Waals surface area (Å²) < 4.78 is 2.32. The lowest BCUT2D eigenvalue weighted by Gasteiger charge is -2.14. The summed E-state index contributed by atoms with van der Waals surface area (Å²) in [7, 11) is 0. The van der Waals surface area contributed by atoms with Crippen LogP contribution in [0.4, 0.5) is 0 Å². The van der Waals surface area contributed by atoms with Crippen LogP contribution >= 0.6 is 0 Å². The molecule has 286 valence electrons. The largest absolute Gasteiger partial charge is 0.309 e. The maximum Gasteiger partial charge on any atom is 0.115 e. The van der Waals surface area contributed by atoms with E-state index in [1.54, 1.807) is 0 Å². The lowest BCUT2D eigenvalue weighted by molar-refractivity contribution is 1.17. The minimum Gasteiger partial charge on any atom is -0.309 e. The summed E-state index contributed by atoms with van der Waals surface area (Å²) in [5.41, 5.74) is 17.9. The molecular weight excluding hydrogens is 749 g/mol. The van der Waals surface area contributed by atoms with Crippen molar-refractivity contribution < 1.29 is 0 Å². The fourth-order valence-corrected chi connectivity index (χ4v) is 8.19. The summed E-state index contributed by atoms with van der Waals surface area (Å²) in [4.78, 5) is 30.6. The molecule has 0 saturated heterocycles. The van der Waals surface area contributed by atoms with Gasteiger partial charge in [-0.25, -0.2) is 19.9 Å². The molecule has 8 heteroatoms. The molecule has 61 heavy (non-hydrogen) atoms. The molecule has 0 aliphatic rings. The van der Waals surface area contributed by atoms with Crippen LogP contribution in [0.5, 0.6) is 0 Å². The number of hydrogen-bond donors (Lipinski definition) is 0. The van der Waals surface area contributed by atoms with Crippen LogP contribution < -0.4 is 0 Å². The van der Waals surface area contributed by atoms with E-state index in [9.17, 15) is 0 Å². The lowest BCUT2D eigenvalue weighted by Crippen LogP contribution is -1.93. The molecule has 6 aromatic heterocycles. The van der Waals surface area contributed by atoms with E-state index in [2.05, 4.69) is 173 Å². The highest BCUT2D eigenvalue weighted by molar-refractivity contribution is 6.10. The fraction of sp³-hybridized carbons (Fsp3) is 0. The molecule has 0 N–H and O–H groups in total. The highest BCUT2D eigenvalue weighted by Crippen LogP contribution is 2.39. The third-order valence-corrected chi connectivity index (χ3v) is 11.2. The molecule has 0 spiro atoms. The molecule has 5 aromatic carbocycles. The summed E-state index contributed by atoms with van der Waals surface area (Å²) in [5, 5.41) is 2.25. The molecule has 8 nitrogen and oxygen atoms in total. The zero-order valence-electron chi connectivity index (χ0n) is 32.7. The van der Waals surface area contributed by atoms with Gasteiger partial charge in [-0.2, -0.15) is 0 Å². The van der Waals surface area contributed by atoms with Gasteiger partial charge in [-0.3, -0.25) is 15.0 Å². The van der Waals surface area contributed by atoms with Crippen molar-refractivity contribution in [3.8, 4) is 83.6 Å². The number of aromatic nitrogens is 8. The van der Waals surface area contributed by atoms with Crippen molar-refractivity contribution in [3.05, 3.63) is 208 Å². The van der Waals surface area contributed by atoms with Gasteiger partial charge in [-0.05, 0) is 117 Å². The summed E-state index contributed by atoms with van der Waals surface area (Å²) in [6, 6.07) is 47.9. The summed E-state index contributed by atoms with van der Waals surface area (Å²) in [6.07, 6.45) is 21.7. The Morgan fingerprint density at radius 2 is 0.689 bits per heavy atom. The van der Waals surface area contributed by atoms with Crippen LogP contribution in [-0.4, -0.2) is 39.5 Å². The Morgan fingerprint density at radius 1 is 0.262 bits per heavy atom. The first-order valence-corrected chi connectivity index (χ1v) is 19.9. The quantitative estimate of drug-likeness (QED) is 0.151. The predicted octanol–water partition coefficient (Wildman–Crippen LogP) is 12.2. The van der Waals surface area contributed by atoms with Crippen molar-refractivity contribution >= 4 is 21.8 Å². The second-order valence-corrected chi connectivity index (χ2v) is 14.9. The van der Waals surface area contributed by atoms with Crippen molar-refractivity contribution in [2.24, 2.45) is 0 Å². The molecule has 11 rings (SSSR count). The summed E-state index contributed by atoms with van der Waals surface area (Å²) in [6.45, 7) is 0. The Bertz CT molecular complexity index is 3220. The second kappa shape index (κ2) is 15.4. The lowest BCUT2D eigenvalue weighted by atomic mass is 9.91. The van der Waals surface area contributed by atoms with Crippen LogP contribution in [0.3, 0.4) is 0 Å². The van der Waals surface area contributed by atoms with Crippen LogP contribution in [-0.2, 0) is 0 Å². The van der Waals surface area contributed by atoms with E-state index in [0.29, 0.717) is 0 Å². The second-order valence-electron chi connectivity index (χ2n) is 14.9. The monoisotopic (exact) mass is 782 g/mol. The van der Waals surface area contributed by atoms with Gasteiger partial charge in [0.15, 0.2) is 0 Å². The molecule has 0 aliphatic heterocycles. The zero-order valence-corrected chi connectivity index (χ0v) is 32.7. The van der Waals surface area contributed by atoms with Gasteiger partial charge in [0.25, 0.3) is 0 Å². The third-order valence-electron chi connectivity index (χ3n) is 11.2. The Hall–Kier alpha value is -8.49. The van der Waals surface area contributed by atoms with E-state index in [1.807, 2.05) is 62.0 Å². The Kier molecular flexibility index (Phi) is 8.98. The van der Waals surface area contributed by atoms with Crippen LogP contribution in [0, 0.1) is 0 Å². The summed E-state index contributed by atoms with van der Waals surface area (Å²) >= 11 is 0. The molecular formula is C53H34N8. The van der Waals surface area contributed by atoms with E-state index in [4.69, 9.17) is 0 Å². The maximum absolute atomic E-state index is 4.60. The highest BCUT2D eigenvalue weighted by atomic mass is 15.0. The number of nitrogens with zero attached hydrogens (tertiary/aromatic N) is 8. The van der Waals surface area contributed by atoms with Crippen molar-refractivity contribution in [1.82, 2.24) is 39.5 Å². The molecule has 11 aromatic rings. The molecule has 0 fully saturated rings. The first-order chi connectivity index (χ1) is 30.2. The number of para-hydroxylation sites is 1. The van der Waals surface area contributed by atoms with E-state index in [1.165, 1.54) is 12.7 Å². The minimum atomic E-state index is 0.920. The average Bonchev–Trinajstić information content (AvgIpc) is 3.68. The highest BCUT2D eigenvalue weighted by Gasteiger charge is 2.16. The number of fused-ring (bicyclic) bond motifs is 3. The average molecular weight is 783 g/mol. The van der Waals surface area contributed by atoms with Gasteiger partial charge >= 0.3 is 0 Å². The number of pyridine rings is 3. The third kappa shape index (κ3) is 6.88. The van der Waals surface area contributed by atoms with Gasteiger partial charge in [0, 0.05) is 112 Å². The standard InChI is InChI=1S/C53H34N8/c1-2-10-49(11-3-1)61-52-13-12-39(23-50(52)51-32-54-15-14-53(51)61)42-19-40(35-6-4-8-37(16-35)43-21-45(26-55-24-43)47-28-57-33-58-29-47)18-41(20-42)36-7-5-9-38(17-36)44-22-46(27-56-25-44)48-30-59-34-60-31-48/h1-34H. The number of hydrogen-bond acceptors (Lipinski definition) is 7. The van der Waals surface area contributed by atoms with Crippen molar-refractivity contribution in [1.29, 1.82) is 0 Å². The van der Waals surface area contributed by atoms with E-state index >= 15 is 0 Å². The molecule has 6 heterocycles. The van der Waals surface area contributed by atoms with Gasteiger partial charge < -0.3 is 4.57 Å². The first kappa shape index (κ1) is 35.7. The molecule has 0 unspecified atom stereocenters. The smallest absolute Gasteiger partial charge is 0.115 e. The van der Waals surface area contributed by atoms with Crippen molar-refractivity contribution in [3.63, 3.8) is 0 Å². The number of benzene rings is 5. The van der Waals surface area contributed by atoms with Crippen LogP contribution in [0.2, 0.25) is 0 Å². The molecule has 0 atom stereocenters. The van der Waals surface area contributed by atoms with Crippen molar-refractivity contribution in [2.45, 2.75) is 0 Å². The van der Waals surface area contributed by atoms with Gasteiger partial charge in [0.1, 0.15) is 12.7 Å². The Morgan fingerprint density at radius 3 is 1.23 bits per heavy atom. The zero-order chi connectivity index (χ0) is 40.5. The van der Waals surface area contributed by atoms with E-state index < -0.39 is 0 Å². The molecule has 0 radical (unpaired) electrons. The fourth-order valence-electron chi connectivity index (χ4n) is 8.19. The van der Waals surface area contributed by atoms with E-state index in [-0.39, 0.29) is 0 Å². The van der Waals surface area contributed by atoms with Gasteiger partial charge in [0.2, 0.25) is 0 Å². The minimum absolute atomic E-state index is 0.920. The Balaban J connectivity index is 1.06. The van der Waals surface area contributed by atoms with Crippen LogP contribution in [0.15, 0.2) is 208 Å². The predicted molar refractivity (Wildman–Crippen MR) is 243 cm³/mol. The molecule has 0 bridgehead atoms. The molecule has 0 aliphatic carbocycles. The number of rotatable bonds is 8. The topological polar surface area (TPSA) is 95.2 Å². The Labute approximate surface area is 351 Å². The maximum atomic E-state index is 4.60. The normalized spacial score (nSPS) is 11.3. The van der Waals surface area contributed by atoms with Gasteiger partial charge in [-0.1, -0.05) is 60.7 Å². The first-order valence-electron chi connectivity index (χ1n) is 19.9.